The van der Waals surface area contributed by atoms with Gasteiger partial charge in [0.2, 0.25) is 0 Å². The summed E-state index contributed by atoms with van der Waals surface area (Å²) in [5.41, 5.74) is 10.1. The molecular formula is C18H18N6S. The van der Waals surface area contributed by atoms with Crippen LogP contribution in [0.3, 0.4) is 0 Å². The number of hydrazine groups is 2. The third kappa shape index (κ3) is 3.07. The van der Waals surface area contributed by atoms with Crippen LogP contribution in [0.4, 0.5) is 0 Å². The van der Waals surface area contributed by atoms with Crippen LogP contribution < -0.4 is 11.1 Å². The summed E-state index contributed by atoms with van der Waals surface area (Å²) in [6.45, 7) is 2.74. The number of H-pyrrole nitrogens is 1. The quantitative estimate of drug-likeness (QED) is 0.633. The Morgan fingerprint density at radius 3 is 2.56 bits per heavy atom. The summed E-state index contributed by atoms with van der Waals surface area (Å²) in [4.78, 5) is 0. The van der Waals surface area contributed by atoms with Gasteiger partial charge in [-0.1, -0.05) is 60.2 Å². The minimum Gasteiger partial charge on any atom is -0.299 e. The predicted octanol–water partition coefficient (Wildman–Crippen LogP) is 3.03. The first-order valence-electron chi connectivity index (χ1n) is 8.00. The molecule has 0 aliphatic carbocycles. The highest BCUT2D eigenvalue weighted by Gasteiger charge is 2.22. The van der Waals surface area contributed by atoms with Gasteiger partial charge in [-0.05, 0) is 24.6 Å². The number of hydrogen-bond acceptors (Lipinski definition) is 5. The van der Waals surface area contributed by atoms with Gasteiger partial charge < -0.3 is 0 Å². The van der Waals surface area contributed by atoms with Crippen molar-refractivity contribution in [1.82, 2.24) is 25.9 Å². The number of nitrogens with zero attached hydrogens (tertiary/aromatic N) is 3. The van der Waals surface area contributed by atoms with Crippen molar-refractivity contribution in [3.8, 4) is 5.69 Å². The molecule has 0 saturated heterocycles. The molecule has 2 heterocycles. The molecule has 7 heteroatoms. The second-order valence-electron chi connectivity index (χ2n) is 5.89. The number of nitrogens with one attached hydrogen (secondary N) is 3. The molecule has 0 saturated carbocycles. The van der Waals surface area contributed by atoms with Crippen LogP contribution in [-0.2, 0) is 6.54 Å². The van der Waals surface area contributed by atoms with Crippen molar-refractivity contribution in [1.29, 1.82) is 0 Å². The average Bonchev–Trinajstić information content (AvgIpc) is 3.23. The standard InChI is InChI=1S/C18H18N6S/c1-13-7-9-15(10-8-13)24-18(25)16(11-19-24)17-20-21-22-23(17)12-14-5-3-2-4-6-14/h2-11,19,21-22H,12H2,1H3. The van der Waals surface area contributed by atoms with Crippen molar-refractivity contribution < 1.29 is 0 Å². The summed E-state index contributed by atoms with van der Waals surface area (Å²) < 4.78 is 2.57. The molecule has 3 N–H and O–H groups in total. The van der Waals surface area contributed by atoms with E-state index < -0.39 is 0 Å². The highest BCUT2D eigenvalue weighted by molar-refractivity contribution is 7.71. The normalized spacial score (nSPS) is 13.6. The van der Waals surface area contributed by atoms with Crippen molar-refractivity contribution in [3.05, 3.63) is 82.1 Å². The number of aromatic amines is 1. The van der Waals surface area contributed by atoms with E-state index >= 15 is 0 Å². The Labute approximate surface area is 150 Å². The number of hydrogen-bond donors (Lipinski definition) is 3. The zero-order chi connectivity index (χ0) is 17.2. The van der Waals surface area contributed by atoms with E-state index in [4.69, 9.17) is 12.2 Å². The fraction of sp³-hybridized carbons (Fsp3) is 0.111. The molecule has 25 heavy (non-hydrogen) atoms. The molecule has 0 bridgehead atoms. The van der Waals surface area contributed by atoms with E-state index in [0.29, 0.717) is 11.2 Å². The number of hydrazone groups is 1. The predicted molar refractivity (Wildman–Crippen MR) is 100 cm³/mol. The Balaban J connectivity index is 1.63. The third-order valence-corrected chi connectivity index (χ3v) is 4.49. The van der Waals surface area contributed by atoms with Crippen LogP contribution in [0.2, 0.25) is 0 Å². The van der Waals surface area contributed by atoms with Crippen LogP contribution in [0.1, 0.15) is 16.7 Å². The van der Waals surface area contributed by atoms with Crippen LogP contribution in [0, 0.1) is 11.6 Å². The van der Waals surface area contributed by atoms with Crippen molar-refractivity contribution in [2.45, 2.75) is 13.5 Å². The fourth-order valence-corrected chi connectivity index (χ4v) is 3.06. The number of benzene rings is 2. The Morgan fingerprint density at radius 2 is 1.80 bits per heavy atom. The number of aryl methyl sites for hydroxylation is 1. The third-order valence-electron chi connectivity index (χ3n) is 4.09. The number of rotatable bonds is 4. The molecule has 1 aromatic heterocycles. The molecule has 6 nitrogen and oxygen atoms in total. The first kappa shape index (κ1) is 15.6. The molecule has 126 valence electrons. The first-order chi connectivity index (χ1) is 12.2. The van der Waals surface area contributed by atoms with Gasteiger partial charge in [0.1, 0.15) is 4.64 Å². The van der Waals surface area contributed by atoms with Gasteiger partial charge in [0.15, 0.2) is 5.84 Å². The fourth-order valence-electron chi connectivity index (χ4n) is 2.75. The van der Waals surface area contributed by atoms with E-state index in [-0.39, 0.29) is 0 Å². The highest BCUT2D eigenvalue weighted by atomic mass is 32.1. The minimum absolute atomic E-state index is 0.678. The maximum atomic E-state index is 5.66. The summed E-state index contributed by atoms with van der Waals surface area (Å²) in [7, 11) is 0. The van der Waals surface area contributed by atoms with Gasteiger partial charge in [0, 0.05) is 6.20 Å². The summed E-state index contributed by atoms with van der Waals surface area (Å²) in [6.07, 6.45) is 1.88. The molecule has 0 radical (unpaired) electrons. The maximum absolute atomic E-state index is 5.66. The van der Waals surface area contributed by atoms with Gasteiger partial charge in [-0.2, -0.15) is 0 Å². The van der Waals surface area contributed by atoms with E-state index in [1.807, 2.05) is 46.2 Å². The largest absolute Gasteiger partial charge is 0.299 e. The molecular weight excluding hydrogens is 332 g/mol. The molecule has 0 amide bonds. The lowest BCUT2D eigenvalue weighted by molar-refractivity contribution is 0.288. The van der Waals surface area contributed by atoms with Gasteiger partial charge in [-0.15, -0.1) is 10.6 Å². The van der Waals surface area contributed by atoms with E-state index in [2.05, 4.69) is 52.5 Å². The second kappa shape index (κ2) is 6.54. The van der Waals surface area contributed by atoms with E-state index in [1.165, 1.54) is 11.1 Å². The van der Waals surface area contributed by atoms with Crippen LogP contribution in [0.15, 0.2) is 65.9 Å². The van der Waals surface area contributed by atoms with Crippen molar-refractivity contribution in [2.75, 3.05) is 0 Å². The molecule has 0 spiro atoms. The smallest absolute Gasteiger partial charge is 0.177 e. The van der Waals surface area contributed by atoms with Crippen LogP contribution in [-0.4, -0.2) is 20.6 Å². The topological polar surface area (TPSA) is 60.4 Å². The Bertz CT molecular complexity index is 955. The molecule has 4 rings (SSSR count). The Hall–Kier alpha value is -2.90. The summed E-state index contributed by atoms with van der Waals surface area (Å²) in [5.74, 6) is 0.760. The monoisotopic (exact) mass is 350 g/mol. The molecule has 0 fully saturated rings. The molecule has 3 aromatic rings. The maximum Gasteiger partial charge on any atom is 0.177 e. The summed E-state index contributed by atoms with van der Waals surface area (Å²) >= 11 is 5.66. The van der Waals surface area contributed by atoms with Crippen LogP contribution >= 0.6 is 12.2 Å². The first-order valence-corrected chi connectivity index (χ1v) is 8.41. The zero-order valence-electron chi connectivity index (χ0n) is 13.7. The van der Waals surface area contributed by atoms with Gasteiger partial charge in [0.05, 0.1) is 17.8 Å². The lowest BCUT2D eigenvalue weighted by Gasteiger charge is -2.18. The Morgan fingerprint density at radius 1 is 1.04 bits per heavy atom. The molecule has 0 atom stereocenters. The minimum atomic E-state index is 0.678. The van der Waals surface area contributed by atoms with Crippen LogP contribution in [0.5, 0.6) is 0 Å². The second-order valence-corrected chi connectivity index (χ2v) is 6.28. The number of amidine groups is 1. The van der Waals surface area contributed by atoms with Gasteiger partial charge >= 0.3 is 0 Å². The average molecular weight is 350 g/mol. The summed E-state index contributed by atoms with van der Waals surface area (Å²) in [5, 5.41) is 9.51. The SMILES string of the molecule is Cc1ccc(-n2[nH]cc(C3=NNNN3Cc3ccccc3)c2=S)cc1. The van der Waals surface area contributed by atoms with Crippen molar-refractivity contribution in [3.63, 3.8) is 0 Å². The van der Waals surface area contributed by atoms with E-state index in [0.717, 1.165) is 17.1 Å². The lowest BCUT2D eigenvalue weighted by Crippen LogP contribution is -2.40. The van der Waals surface area contributed by atoms with Crippen molar-refractivity contribution in [2.24, 2.45) is 5.10 Å². The Kier molecular flexibility index (Phi) is 4.09. The van der Waals surface area contributed by atoms with Gasteiger partial charge in [-0.25, -0.2) is 10.2 Å². The van der Waals surface area contributed by atoms with Crippen molar-refractivity contribution >= 4 is 18.1 Å². The zero-order valence-corrected chi connectivity index (χ0v) is 14.5. The number of aromatic nitrogens is 2. The van der Waals surface area contributed by atoms with Crippen LogP contribution in [0.25, 0.3) is 5.69 Å². The van der Waals surface area contributed by atoms with Gasteiger partial charge in [-0.3, -0.25) is 10.1 Å². The summed E-state index contributed by atoms with van der Waals surface area (Å²) in [6, 6.07) is 18.4. The molecule has 1 aliphatic rings. The molecule has 2 aromatic carbocycles. The molecule has 1 aliphatic heterocycles. The van der Waals surface area contributed by atoms with Gasteiger partial charge in [0.25, 0.3) is 0 Å². The van der Waals surface area contributed by atoms with E-state index in [1.54, 1.807) is 0 Å². The molecule has 0 unspecified atom stereocenters. The van der Waals surface area contributed by atoms with E-state index in [9.17, 15) is 0 Å². The highest BCUT2D eigenvalue weighted by Crippen LogP contribution is 2.16. The lowest BCUT2D eigenvalue weighted by atomic mass is 10.2.